The summed E-state index contributed by atoms with van der Waals surface area (Å²) in [4.78, 5) is 16.7. The highest BCUT2D eigenvalue weighted by Crippen LogP contribution is 2.47. The predicted octanol–water partition coefficient (Wildman–Crippen LogP) is 3.52. The van der Waals surface area contributed by atoms with E-state index >= 15 is 0 Å². The molecule has 0 radical (unpaired) electrons. The van der Waals surface area contributed by atoms with Crippen LogP contribution in [0.2, 0.25) is 0 Å². The molecule has 152 valence electrons. The summed E-state index contributed by atoms with van der Waals surface area (Å²) in [5.74, 6) is -2.50. The lowest BCUT2D eigenvalue weighted by molar-refractivity contribution is 0.0963. The van der Waals surface area contributed by atoms with E-state index in [9.17, 15) is 19.4 Å². The van der Waals surface area contributed by atoms with E-state index in [2.05, 4.69) is 17.2 Å². The van der Waals surface area contributed by atoms with Crippen molar-refractivity contribution in [3.05, 3.63) is 35.6 Å². The number of ether oxygens (including phenoxy) is 1. The van der Waals surface area contributed by atoms with Crippen LogP contribution >= 0.6 is 0 Å². The second kappa shape index (κ2) is 6.65. The lowest BCUT2D eigenvalue weighted by Crippen LogP contribution is -2.37. The molecule has 3 aromatic rings. The first kappa shape index (κ1) is 19.0. The topological polar surface area (TPSA) is 96.6 Å². The van der Waals surface area contributed by atoms with Crippen molar-refractivity contribution in [3.8, 4) is 28.6 Å². The molecule has 1 amide bonds. The van der Waals surface area contributed by atoms with Gasteiger partial charge < -0.3 is 24.8 Å². The van der Waals surface area contributed by atoms with E-state index in [4.69, 9.17) is 4.74 Å². The number of nitrogens with zero attached hydrogens (tertiary/aromatic N) is 2. The van der Waals surface area contributed by atoms with Crippen molar-refractivity contribution in [1.29, 1.82) is 0 Å². The summed E-state index contributed by atoms with van der Waals surface area (Å²) in [6.07, 6.45) is 2.77. The van der Waals surface area contributed by atoms with E-state index in [1.165, 1.54) is 13.2 Å². The highest BCUT2D eigenvalue weighted by atomic mass is 19.1. The van der Waals surface area contributed by atoms with Gasteiger partial charge in [0, 0.05) is 18.2 Å². The first-order chi connectivity index (χ1) is 13.8. The molecule has 2 aromatic carbocycles. The number of amides is 1. The Morgan fingerprint density at radius 1 is 1.28 bits per heavy atom. The number of nitrogens with one attached hydrogen (secondary N) is 1. The Balaban J connectivity index is 2.04. The maximum absolute atomic E-state index is 15.0. The van der Waals surface area contributed by atoms with Crippen LogP contribution in [0.3, 0.4) is 0 Å². The van der Waals surface area contributed by atoms with Crippen molar-refractivity contribution in [1.82, 2.24) is 14.9 Å². The molecule has 29 heavy (non-hydrogen) atoms. The number of hydrogen-bond donors (Lipinski definition) is 3. The van der Waals surface area contributed by atoms with Gasteiger partial charge in [0.1, 0.15) is 5.82 Å². The number of rotatable bonds is 4. The van der Waals surface area contributed by atoms with Gasteiger partial charge in [-0.2, -0.15) is 0 Å². The number of methoxy groups -OCH3 is 1. The summed E-state index contributed by atoms with van der Waals surface area (Å²) >= 11 is 0. The molecule has 8 heteroatoms. The molecule has 1 fully saturated rings. The number of aromatic hydroxyl groups is 2. The monoisotopic (exact) mass is 399 g/mol. The number of imidazole rings is 1. The number of phenols is 2. The zero-order valence-electron chi connectivity index (χ0n) is 16.4. The number of carbonyl (C=O) groups excluding carboxylic acids is 1. The summed E-state index contributed by atoms with van der Waals surface area (Å²) in [7, 11) is 2.88. The van der Waals surface area contributed by atoms with E-state index in [1.807, 2.05) is 4.57 Å². The van der Waals surface area contributed by atoms with Gasteiger partial charge in [-0.1, -0.05) is 0 Å². The first-order valence-corrected chi connectivity index (χ1v) is 9.34. The highest BCUT2D eigenvalue weighted by Gasteiger charge is 2.38. The average molecular weight is 399 g/mol. The molecule has 1 aromatic heterocycles. The zero-order valence-corrected chi connectivity index (χ0v) is 16.4. The van der Waals surface area contributed by atoms with Crippen molar-refractivity contribution in [2.45, 2.75) is 31.7 Å². The van der Waals surface area contributed by atoms with Crippen LogP contribution in [0, 0.1) is 5.82 Å². The van der Waals surface area contributed by atoms with Crippen molar-refractivity contribution in [2.24, 2.45) is 0 Å². The summed E-state index contributed by atoms with van der Waals surface area (Å²) in [5.41, 5.74) is 1.49. The number of fused-ring (bicyclic) bond motifs is 1. The largest absolute Gasteiger partial charge is 0.502 e. The van der Waals surface area contributed by atoms with Gasteiger partial charge in [0.25, 0.3) is 5.91 Å². The Morgan fingerprint density at radius 3 is 2.59 bits per heavy atom. The summed E-state index contributed by atoms with van der Waals surface area (Å²) < 4.78 is 22.0. The fraction of sp³-hybridized carbons (Fsp3) is 0.333. The third-order valence-electron chi connectivity index (χ3n) is 5.75. The van der Waals surface area contributed by atoms with Gasteiger partial charge in [-0.3, -0.25) is 4.79 Å². The minimum Gasteiger partial charge on any atom is -0.502 e. The van der Waals surface area contributed by atoms with Crippen molar-refractivity contribution < 1.29 is 24.1 Å². The minimum atomic E-state index is -0.977. The minimum absolute atomic E-state index is 0.0166. The molecule has 0 aliphatic heterocycles. The smallest absolute Gasteiger partial charge is 0.251 e. The molecule has 0 atom stereocenters. The molecule has 3 N–H and O–H groups in total. The summed E-state index contributed by atoms with van der Waals surface area (Å²) in [5, 5.41) is 22.6. The second-order valence-electron chi connectivity index (χ2n) is 7.54. The third-order valence-corrected chi connectivity index (χ3v) is 5.75. The van der Waals surface area contributed by atoms with Crippen LogP contribution in [0.4, 0.5) is 4.39 Å². The molecule has 1 aliphatic carbocycles. The van der Waals surface area contributed by atoms with Gasteiger partial charge in [0.15, 0.2) is 17.3 Å². The molecule has 0 unspecified atom stereocenters. The fourth-order valence-electron chi connectivity index (χ4n) is 3.93. The Bertz CT molecular complexity index is 1130. The Hall–Kier alpha value is -3.29. The van der Waals surface area contributed by atoms with Gasteiger partial charge >= 0.3 is 0 Å². The van der Waals surface area contributed by atoms with Crippen LogP contribution in [0.5, 0.6) is 17.2 Å². The second-order valence-corrected chi connectivity index (χ2v) is 7.54. The number of halogens is 1. The molecule has 1 saturated carbocycles. The standard InChI is InChI=1S/C21H22FN3O4/c1-21(7-4-8-21)25-14-9-11(20(28)23-2)5-6-13(14)24-19(25)12-10-15(29-3)17(26)18(27)16(12)22/h5-6,9-10,26-27H,4,7-8H2,1-3H3,(H,23,28). The lowest BCUT2D eigenvalue weighted by atomic mass is 9.78. The van der Waals surface area contributed by atoms with Crippen molar-refractivity contribution in [3.63, 3.8) is 0 Å². The fourth-order valence-corrected chi connectivity index (χ4v) is 3.93. The molecule has 0 saturated heterocycles. The number of hydrogen-bond acceptors (Lipinski definition) is 5. The SMILES string of the molecule is CNC(=O)c1ccc2nc(-c3cc(OC)c(O)c(O)c3F)n(C3(C)CCC3)c2c1. The van der Waals surface area contributed by atoms with Crippen LogP contribution in [0.25, 0.3) is 22.4 Å². The summed E-state index contributed by atoms with van der Waals surface area (Å²) in [6, 6.07) is 6.45. The van der Waals surface area contributed by atoms with E-state index < -0.39 is 17.3 Å². The maximum atomic E-state index is 15.0. The lowest BCUT2D eigenvalue weighted by Gasteiger charge is -2.41. The number of benzene rings is 2. The highest BCUT2D eigenvalue weighted by molar-refractivity contribution is 5.98. The molecular weight excluding hydrogens is 377 g/mol. The molecular formula is C21H22FN3O4. The van der Waals surface area contributed by atoms with Crippen LogP contribution in [-0.2, 0) is 5.54 Å². The van der Waals surface area contributed by atoms with Crippen LogP contribution in [0.1, 0.15) is 36.5 Å². The van der Waals surface area contributed by atoms with E-state index in [-0.39, 0.29) is 22.8 Å². The maximum Gasteiger partial charge on any atom is 0.251 e. The molecule has 0 spiro atoms. The van der Waals surface area contributed by atoms with E-state index in [0.717, 1.165) is 19.3 Å². The van der Waals surface area contributed by atoms with Crippen LogP contribution in [0.15, 0.2) is 24.3 Å². The molecule has 7 nitrogen and oxygen atoms in total. The Kier molecular flexibility index (Phi) is 4.37. The Morgan fingerprint density at radius 2 is 2.00 bits per heavy atom. The van der Waals surface area contributed by atoms with Crippen LogP contribution in [-0.4, -0.2) is 39.8 Å². The third kappa shape index (κ3) is 2.78. The molecule has 0 bridgehead atoms. The molecule has 1 aliphatic rings. The van der Waals surface area contributed by atoms with Gasteiger partial charge in [-0.15, -0.1) is 0 Å². The van der Waals surface area contributed by atoms with Crippen molar-refractivity contribution >= 4 is 16.9 Å². The van der Waals surface area contributed by atoms with E-state index in [0.29, 0.717) is 22.4 Å². The van der Waals surface area contributed by atoms with Crippen LogP contribution < -0.4 is 10.1 Å². The number of aromatic nitrogens is 2. The van der Waals surface area contributed by atoms with Gasteiger partial charge in [-0.05, 0) is 50.5 Å². The summed E-state index contributed by atoms with van der Waals surface area (Å²) in [6.45, 7) is 2.06. The normalized spacial score (nSPS) is 15.2. The van der Waals surface area contributed by atoms with E-state index in [1.54, 1.807) is 25.2 Å². The van der Waals surface area contributed by atoms with Gasteiger partial charge in [-0.25, -0.2) is 9.37 Å². The molecule has 4 rings (SSSR count). The quantitative estimate of drug-likeness (QED) is 0.584. The molecule has 1 heterocycles. The van der Waals surface area contributed by atoms with Gasteiger partial charge in [0.2, 0.25) is 5.75 Å². The first-order valence-electron chi connectivity index (χ1n) is 9.34. The number of phenolic OH excluding ortho intramolecular Hbond substituents is 2. The number of carbonyl (C=O) groups is 1. The van der Waals surface area contributed by atoms with Gasteiger partial charge in [0.05, 0.1) is 23.7 Å². The zero-order chi connectivity index (χ0) is 20.9. The van der Waals surface area contributed by atoms with Crippen molar-refractivity contribution in [2.75, 3.05) is 14.2 Å². The Labute approximate surface area is 166 Å². The predicted molar refractivity (Wildman–Crippen MR) is 106 cm³/mol. The average Bonchev–Trinajstić information content (AvgIpc) is 3.08.